The van der Waals surface area contributed by atoms with Crippen LogP contribution in [0.3, 0.4) is 0 Å². The molecular weight excluding hydrogens is 376 g/mol. The number of aryl methyl sites for hydroxylation is 1. The van der Waals surface area contributed by atoms with E-state index in [4.69, 9.17) is 0 Å². The molecule has 2 aromatic carbocycles. The Balaban J connectivity index is 1.93. The minimum atomic E-state index is -3.66. The molecule has 0 radical (unpaired) electrons. The molecule has 0 aliphatic carbocycles. The summed E-state index contributed by atoms with van der Waals surface area (Å²) >= 11 is 0. The summed E-state index contributed by atoms with van der Waals surface area (Å²) < 4.78 is 26.3. The van der Waals surface area contributed by atoms with Gasteiger partial charge in [0.15, 0.2) is 9.84 Å². The number of aromatic amines is 1. The minimum absolute atomic E-state index is 0.168. The van der Waals surface area contributed by atoms with Crippen molar-refractivity contribution >= 4 is 9.84 Å². The molecule has 144 valence electrons. The highest BCUT2D eigenvalue weighted by molar-refractivity contribution is 7.94. The lowest BCUT2D eigenvalue weighted by Gasteiger charge is -2.15. The second kappa shape index (κ2) is 8.67. The first kappa shape index (κ1) is 19.6. The van der Waals surface area contributed by atoms with Crippen molar-refractivity contribution in [1.82, 2.24) is 9.78 Å². The van der Waals surface area contributed by atoms with Crippen LogP contribution in [0.4, 0.5) is 0 Å². The lowest BCUT2D eigenvalue weighted by Crippen LogP contribution is -2.31. The number of benzene rings is 2. The van der Waals surface area contributed by atoms with Gasteiger partial charge in [0.05, 0.1) is 10.9 Å². The van der Waals surface area contributed by atoms with Crippen molar-refractivity contribution in [2.45, 2.75) is 23.8 Å². The molecule has 6 nitrogen and oxygen atoms in total. The fraction of sp³-hybridized carbons (Fsp3) is 0.143. The number of nitrogens with zero attached hydrogens (tertiary/aromatic N) is 1. The number of H-pyrrole nitrogens is 1. The Morgan fingerprint density at radius 3 is 2.21 bits per heavy atom. The van der Waals surface area contributed by atoms with E-state index in [9.17, 15) is 18.0 Å². The maximum atomic E-state index is 12.5. The Bertz CT molecular complexity index is 1160. The molecule has 0 saturated carbocycles. The van der Waals surface area contributed by atoms with Crippen LogP contribution in [0.25, 0.3) is 0 Å². The maximum absolute atomic E-state index is 12.5. The summed E-state index contributed by atoms with van der Waals surface area (Å²) in [4.78, 5) is 24.1. The van der Waals surface area contributed by atoms with E-state index in [-0.39, 0.29) is 4.90 Å². The zero-order valence-electron chi connectivity index (χ0n) is 15.1. The molecule has 0 fully saturated rings. The van der Waals surface area contributed by atoms with E-state index in [0.717, 1.165) is 17.0 Å². The van der Waals surface area contributed by atoms with Crippen molar-refractivity contribution in [3.05, 3.63) is 111 Å². The van der Waals surface area contributed by atoms with Crippen LogP contribution >= 0.6 is 0 Å². The average molecular weight is 396 g/mol. The van der Waals surface area contributed by atoms with Crippen molar-refractivity contribution < 1.29 is 8.42 Å². The van der Waals surface area contributed by atoms with Gasteiger partial charge in [-0.2, -0.15) is 0 Å². The second-order valence-corrected chi connectivity index (χ2v) is 8.13. The molecule has 1 atom stereocenters. The summed E-state index contributed by atoms with van der Waals surface area (Å²) in [5, 5.41) is 3.58. The second-order valence-electron chi connectivity index (χ2n) is 6.30. The summed E-state index contributed by atoms with van der Waals surface area (Å²) in [5.74, 6) is 0. The van der Waals surface area contributed by atoms with E-state index in [1.54, 1.807) is 18.2 Å². The van der Waals surface area contributed by atoms with E-state index < -0.39 is 27.0 Å². The van der Waals surface area contributed by atoms with Crippen LogP contribution in [-0.2, 0) is 16.3 Å². The number of sulfone groups is 1. The molecule has 0 spiro atoms. The SMILES string of the molecule is O=c1ccc(=O)n([C@H](/C=C/S(=O)(=O)c2ccccc2)CCc2ccccc2)[nH]1. The third-order valence-corrected chi connectivity index (χ3v) is 5.74. The first-order valence-corrected chi connectivity index (χ1v) is 10.3. The van der Waals surface area contributed by atoms with E-state index in [1.807, 2.05) is 30.3 Å². The van der Waals surface area contributed by atoms with E-state index >= 15 is 0 Å². The predicted octanol–water partition coefficient (Wildman–Crippen LogP) is 2.70. The van der Waals surface area contributed by atoms with Gasteiger partial charge in [-0.3, -0.25) is 14.7 Å². The lowest BCUT2D eigenvalue weighted by molar-refractivity contribution is 0.474. The zero-order chi connectivity index (χ0) is 20.0. The summed E-state index contributed by atoms with van der Waals surface area (Å²) in [6, 6.07) is 19.4. The molecule has 1 aromatic heterocycles. The van der Waals surface area contributed by atoms with Gasteiger partial charge in [-0.05, 0) is 36.6 Å². The largest absolute Gasteiger partial charge is 0.268 e. The highest BCUT2D eigenvalue weighted by Crippen LogP contribution is 2.18. The molecule has 1 N–H and O–H groups in total. The first-order chi connectivity index (χ1) is 13.5. The monoisotopic (exact) mass is 396 g/mol. The Morgan fingerprint density at radius 2 is 1.54 bits per heavy atom. The van der Waals surface area contributed by atoms with Crippen LogP contribution < -0.4 is 11.1 Å². The standard InChI is InChI=1S/C21H20N2O4S/c24-20-13-14-21(25)23(22-20)18(12-11-17-7-3-1-4-8-17)15-16-28(26,27)19-9-5-2-6-10-19/h1-10,13-16,18H,11-12H2,(H,22,24)/b16-15+/t18-/m0/s1. The van der Waals surface area contributed by atoms with Crippen LogP contribution in [-0.4, -0.2) is 18.2 Å². The van der Waals surface area contributed by atoms with E-state index in [1.165, 1.54) is 29.0 Å². The fourth-order valence-corrected chi connectivity index (χ4v) is 3.92. The summed E-state index contributed by atoms with van der Waals surface area (Å²) in [6.45, 7) is 0. The smallest absolute Gasteiger partial charge is 0.265 e. The van der Waals surface area contributed by atoms with Gasteiger partial charge < -0.3 is 0 Å². The van der Waals surface area contributed by atoms with E-state index in [2.05, 4.69) is 5.10 Å². The lowest BCUT2D eigenvalue weighted by atomic mass is 10.1. The number of hydrogen-bond acceptors (Lipinski definition) is 4. The number of nitrogens with one attached hydrogen (secondary N) is 1. The molecule has 0 aliphatic heterocycles. The van der Waals surface area contributed by atoms with Gasteiger partial charge in [0.2, 0.25) is 0 Å². The van der Waals surface area contributed by atoms with Gasteiger partial charge in [0, 0.05) is 17.5 Å². The molecule has 7 heteroatoms. The maximum Gasteiger partial charge on any atom is 0.265 e. The summed E-state index contributed by atoms with van der Waals surface area (Å²) in [7, 11) is -3.66. The third kappa shape index (κ3) is 4.95. The zero-order valence-corrected chi connectivity index (χ0v) is 15.9. The normalized spacial score (nSPS) is 12.9. The predicted molar refractivity (Wildman–Crippen MR) is 108 cm³/mol. The topological polar surface area (TPSA) is 89.0 Å². The molecule has 0 bridgehead atoms. The van der Waals surface area contributed by atoms with Crippen molar-refractivity contribution in [2.24, 2.45) is 0 Å². The van der Waals surface area contributed by atoms with Crippen molar-refractivity contribution in [1.29, 1.82) is 0 Å². The van der Waals surface area contributed by atoms with Gasteiger partial charge >= 0.3 is 0 Å². The molecule has 0 unspecified atom stereocenters. The number of hydrogen-bond donors (Lipinski definition) is 1. The minimum Gasteiger partial charge on any atom is -0.268 e. The van der Waals surface area contributed by atoms with Crippen LogP contribution in [0.5, 0.6) is 0 Å². The Labute approximate surface area is 162 Å². The number of aromatic nitrogens is 2. The van der Waals surface area contributed by atoms with Crippen LogP contribution in [0, 0.1) is 0 Å². The van der Waals surface area contributed by atoms with Crippen molar-refractivity contribution in [3.8, 4) is 0 Å². The highest BCUT2D eigenvalue weighted by Gasteiger charge is 2.14. The number of allylic oxidation sites excluding steroid dienone is 1. The fourth-order valence-electron chi connectivity index (χ4n) is 2.84. The van der Waals surface area contributed by atoms with Crippen molar-refractivity contribution in [3.63, 3.8) is 0 Å². The molecule has 28 heavy (non-hydrogen) atoms. The Morgan fingerprint density at radius 1 is 0.893 bits per heavy atom. The van der Waals surface area contributed by atoms with Crippen molar-refractivity contribution in [2.75, 3.05) is 0 Å². The Kier molecular flexibility index (Phi) is 6.06. The van der Waals surface area contributed by atoms with Gasteiger partial charge in [0.25, 0.3) is 11.1 Å². The van der Waals surface area contributed by atoms with Gasteiger partial charge in [0.1, 0.15) is 0 Å². The van der Waals surface area contributed by atoms with Crippen LogP contribution in [0.15, 0.2) is 98.8 Å². The van der Waals surface area contributed by atoms with Gasteiger partial charge in [-0.25, -0.2) is 13.1 Å². The molecule has 3 aromatic rings. The molecule has 0 saturated heterocycles. The van der Waals surface area contributed by atoms with Gasteiger partial charge in [-0.1, -0.05) is 48.5 Å². The van der Waals surface area contributed by atoms with Crippen LogP contribution in [0.2, 0.25) is 0 Å². The molecule has 1 heterocycles. The third-order valence-electron chi connectivity index (χ3n) is 4.30. The van der Waals surface area contributed by atoms with Crippen LogP contribution in [0.1, 0.15) is 18.0 Å². The summed E-state index contributed by atoms with van der Waals surface area (Å²) in [6.07, 6.45) is 2.51. The Hall–Kier alpha value is -3.19. The molecular formula is C21H20N2O4S. The molecule has 3 rings (SSSR count). The quantitative estimate of drug-likeness (QED) is 0.665. The number of rotatable bonds is 7. The first-order valence-electron chi connectivity index (χ1n) is 8.80. The molecule has 0 aliphatic rings. The highest BCUT2D eigenvalue weighted by atomic mass is 32.2. The average Bonchev–Trinajstić information content (AvgIpc) is 2.71. The van der Waals surface area contributed by atoms with Gasteiger partial charge in [-0.15, -0.1) is 0 Å². The molecule has 0 amide bonds. The summed E-state index contributed by atoms with van der Waals surface area (Å²) in [5.41, 5.74) is 0.223. The van der Waals surface area contributed by atoms with E-state index in [0.29, 0.717) is 12.8 Å².